The van der Waals surface area contributed by atoms with Gasteiger partial charge in [-0.25, -0.2) is 4.98 Å². The van der Waals surface area contributed by atoms with Gasteiger partial charge in [-0.3, -0.25) is 0 Å². The fraction of sp³-hybridized carbons (Fsp3) is 0.727. The molecule has 1 heterocycles. The summed E-state index contributed by atoms with van der Waals surface area (Å²) in [6.07, 6.45) is 4.40. The van der Waals surface area contributed by atoms with Crippen LogP contribution in [0.3, 0.4) is 0 Å². The standard InChI is InChI=1S/C11H20N2S/c1-4-6-7-11(12,5-2)10-13-9(3)8-14-10/h8H,4-7,12H2,1-3H3. The van der Waals surface area contributed by atoms with Crippen molar-refractivity contribution in [2.24, 2.45) is 5.73 Å². The van der Waals surface area contributed by atoms with Gasteiger partial charge in [-0.15, -0.1) is 11.3 Å². The number of hydrogen-bond acceptors (Lipinski definition) is 3. The quantitative estimate of drug-likeness (QED) is 0.814. The molecular formula is C11H20N2S. The Hall–Kier alpha value is -0.410. The second-order valence-electron chi connectivity index (χ2n) is 3.91. The Labute approximate surface area is 90.6 Å². The van der Waals surface area contributed by atoms with E-state index >= 15 is 0 Å². The molecule has 1 unspecified atom stereocenters. The average molecular weight is 212 g/mol. The topological polar surface area (TPSA) is 38.9 Å². The van der Waals surface area contributed by atoms with Crippen LogP contribution in [-0.2, 0) is 5.54 Å². The van der Waals surface area contributed by atoms with Gasteiger partial charge in [0.05, 0.1) is 5.54 Å². The van der Waals surface area contributed by atoms with Crippen LogP contribution in [0.25, 0.3) is 0 Å². The van der Waals surface area contributed by atoms with Crippen molar-refractivity contribution >= 4 is 11.3 Å². The number of aromatic nitrogens is 1. The van der Waals surface area contributed by atoms with Crippen LogP contribution in [0.1, 0.15) is 50.2 Å². The van der Waals surface area contributed by atoms with Gasteiger partial charge >= 0.3 is 0 Å². The third-order valence-corrected chi connectivity index (χ3v) is 3.83. The summed E-state index contributed by atoms with van der Waals surface area (Å²) in [6, 6.07) is 0. The smallest absolute Gasteiger partial charge is 0.113 e. The molecule has 0 radical (unpaired) electrons. The van der Waals surface area contributed by atoms with Gasteiger partial charge in [0.15, 0.2) is 0 Å². The third-order valence-electron chi connectivity index (χ3n) is 2.65. The van der Waals surface area contributed by atoms with Crippen LogP contribution in [0.2, 0.25) is 0 Å². The molecule has 3 heteroatoms. The van der Waals surface area contributed by atoms with Crippen LogP contribution in [0, 0.1) is 6.92 Å². The summed E-state index contributed by atoms with van der Waals surface area (Å²) in [5.41, 5.74) is 7.27. The fourth-order valence-corrected chi connectivity index (χ4v) is 2.52. The van der Waals surface area contributed by atoms with Crippen molar-refractivity contribution in [1.29, 1.82) is 0 Å². The summed E-state index contributed by atoms with van der Waals surface area (Å²) >= 11 is 1.70. The molecule has 0 aliphatic carbocycles. The molecule has 1 aromatic rings. The molecule has 2 N–H and O–H groups in total. The van der Waals surface area contributed by atoms with E-state index in [0.29, 0.717) is 0 Å². The minimum atomic E-state index is -0.186. The van der Waals surface area contributed by atoms with E-state index in [0.717, 1.165) is 23.5 Å². The van der Waals surface area contributed by atoms with Crippen LogP contribution in [0.5, 0.6) is 0 Å². The Bertz CT molecular complexity index is 283. The zero-order chi connectivity index (χ0) is 10.6. The molecule has 0 aliphatic rings. The van der Waals surface area contributed by atoms with Crippen molar-refractivity contribution in [3.8, 4) is 0 Å². The van der Waals surface area contributed by atoms with Crippen LogP contribution in [0.15, 0.2) is 5.38 Å². The molecule has 1 atom stereocenters. The van der Waals surface area contributed by atoms with Crippen molar-refractivity contribution in [3.63, 3.8) is 0 Å². The Balaban J connectivity index is 2.78. The van der Waals surface area contributed by atoms with Crippen molar-refractivity contribution in [2.75, 3.05) is 0 Å². The van der Waals surface area contributed by atoms with Gasteiger partial charge in [0.2, 0.25) is 0 Å². The highest BCUT2D eigenvalue weighted by atomic mass is 32.1. The number of nitrogens with zero attached hydrogens (tertiary/aromatic N) is 1. The van der Waals surface area contributed by atoms with Gasteiger partial charge in [0.25, 0.3) is 0 Å². The first-order valence-corrected chi connectivity index (χ1v) is 6.22. The van der Waals surface area contributed by atoms with Gasteiger partial charge in [-0.1, -0.05) is 26.7 Å². The lowest BCUT2D eigenvalue weighted by Gasteiger charge is -2.25. The number of hydrogen-bond donors (Lipinski definition) is 1. The van der Waals surface area contributed by atoms with Gasteiger partial charge in [-0.05, 0) is 19.8 Å². The maximum Gasteiger partial charge on any atom is 0.113 e. The van der Waals surface area contributed by atoms with E-state index in [9.17, 15) is 0 Å². The molecule has 1 rings (SSSR count). The largest absolute Gasteiger partial charge is 0.319 e. The van der Waals surface area contributed by atoms with Gasteiger partial charge in [0, 0.05) is 11.1 Å². The first kappa shape index (κ1) is 11.7. The summed E-state index contributed by atoms with van der Waals surface area (Å²) in [5.74, 6) is 0. The maximum atomic E-state index is 6.37. The predicted molar refractivity (Wildman–Crippen MR) is 62.5 cm³/mol. The monoisotopic (exact) mass is 212 g/mol. The molecule has 0 spiro atoms. The highest BCUT2D eigenvalue weighted by molar-refractivity contribution is 7.09. The lowest BCUT2D eigenvalue weighted by atomic mass is 9.92. The number of aryl methyl sites for hydroxylation is 1. The molecule has 0 aliphatic heterocycles. The van der Waals surface area contributed by atoms with E-state index in [2.05, 4.69) is 24.2 Å². The number of nitrogens with two attached hydrogens (primary N) is 1. The van der Waals surface area contributed by atoms with Crippen LogP contribution >= 0.6 is 11.3 Å². The Kier molecular flexibility index (Phi) is 4.08. The second kappa shape index (κ2) is 4.89. The lowest BCUT2D eigenvalue weighted by molar-refractivity contribution is 0.378. The van der Waals surface area contributed by atoms with E-state index < -0.39 is 0 Å². The third kappa shape index (κ3) is 2.55. The van der Waals surface area contributed by atoms with Gasteiger partial charge < -0.3 is 5.73 Å². The molecule has 0 bridgehead atoms. The van der Waals surface area contributed by atoms with E-state index in [-0.39, 0.29) is 5.54 Å². The summed E-state index contributed by atoms with van der Waals surface area (Å²) < 4.78 is 0. The summed E-state index contributed by atoms with van der Waals surface area (Å²) in [7, 11) is 0. The van der Waals surface area contributed by atoms with E-state index in [1.807, 2.05) is 6.92 Å². The summed E-state index contributed by atoms with van der Waals surface area (Å²) in [5, 5.41) is 3.18. The number of rotatable bonds is 5. The Morgan fingerprint density at radius 3 is 2.64 bits per heavy atom. The molecule has 0 saturated heterocycles. The molecule has 0 amide bonds. The molecule has 1 aromatic heterocycles. The minimum absolute atomic E-state index is 0.186. The van der Waals surface area contributed by atoms with Crippen LogP contribution in [-0.4, -0.2) is 4.98 Å². The Morgan fingerprint density at radius 2 is 2.21 bits per heavy atom. The highest BCUT2D eigenvalue weighted by Gasteiger charge is 2.27. The number of unbranched alkanes of at least 4 members (excludes halogenated alkanes) is 1. The van der Waals surface area contributed by atoms with Crippen LogP contribution < -0.4 is 5.73 Å². The maximum absolute atomic E-state index is 6.37. The zero-order valence-corrected chi connectivity index (χ0v) is 10.2. The van der Waals surface area contributed by atoms with E-state index in [1.165, 1.54) is 12.8 Å². The molecule has 14 heavy (non-hydrogen) atoms. The van der Waals surface area contributed by atoms with Gasteiger partial charge in [-0.2, -0.15) is 0 Å². The number of thiazole rings is 1. The second-order valence-corrected chi connectivity index (χ2v) is 4.77. The molecule has 80 valence electrons. The van der Waals surface area contributed by atoms with Gasteiger partial charge in [0.1, 0.15) is 5.01 Å². The van der Waals surface area contributed by atoms with E-state index in [4.69, 9.17) is 5.73 Å². The van der Waals surface area contributed by atoms with E-state index in [1.54, 1.807) is 11.3 Å². The molecular weight excluding hydrogens is 192 g/mol. The molecule has 0 fully saturated rings. The SMILES string of the molecule is CCCCC(N)(CC)c1nc(C)cs1. The molecule has 2 nitrogen and oxygen atoms in total. The predicted octanol–water partition coefficient (Wildman–Crippen LogP) is 3.21. The zero-order valence-electron chi connectivity index (χ0n) is 9.34. The van der Waals surface area contributed by atoms with Crippen molar-refractivity contribution in [2.45, 2.75) is 52.0 Å². The summed E-state index contributed by atoms with van der Waals surface area (Å²) in [4.78, 5) is 4.50. The minimum Gasteiger partial charge on any atom is -0.319 e. The normalized spacial score (nSPS) is 15.4. The molecule has 0 aromatic carbocycles. The first-order valence-electron chi connectivity index (χ1n) is 5.34. The van der Waals surface area contributed by atoms with Crippen LogP contribution in [0.4, 0.5) is 0 Å². The van der Waals surface area contributed by atoms with Crippen molar-refractivity contribution in [1.82, 2.24) is 4.98 Å². The summed E-state index contributed by atoms with van der Waals surface area (Å²) in [6.45, 7) is 6.37. The van der Waals surface area contributed by atoms with Crippen molar-refractivity contribution < 1.29 is 0 Å². The first-order chi connectivity index (χ1) is 6.62. The average Bonchev–Trinajstić information content (AvgIpc) is 2.62. The van der Waals surface area contributed by atoms with Crippen molar-refractivity contribution in [3.05, 3.63) is 16.1 Å². The molecule has 0 saturated carbocycles. The fourth-order valence-electron chi connectivity index (χ4n) is 1.51. The highest BCUT2D eigenvalue weighted by Crippen LogP contribution is 2.30. The lowest BCUT2D eigenvalue weighted by Crippen LogP contribution is -2.35. The Morgan fingerprint density at radius 1 is 1.50 bits per heavy atom.